The molecule has 0 bridgehead atoms. The quantitative estimate of drug-likeness (QED) is 0.877. The van der Waals surface area contributed by atoms with Crippen molar-refractivity contribution in [1.82, 2.24) is 0 Å². The van der Waals surface area contributed by atoms with Crippen molar-refractivity contribution in [1.29, 1.82) is 5.26 Å². The molecule has 1 unspecified atom stereocenters. The van der Waals surface area contributed by atoms with Crippen LogP contribution < -0.4 is 5.32 Å². The number of rotatable bonds is 3. The summed E-state index contributed by atoms with van der Waals surface area (Å²) in [6.07, 6.45) is 3.64. The summed E-state index contributed by atoms with van der Waals surface area (Å²) >= 11 is 6.21. The van der Waals surface area contributed by atoms with E-state index in [1.54, 1.807) is 18.2 Å². The molecule has 0 amide bonds. The highest BCUT2D eigenvalue weighted by molar-refractivity contribution is 6.33. The lowest BCUT2D eigenvalue weighted by Crippen LogP contribution is -2.07. The summed E-state index contributed by atoms with van der Waals surface area (Å²) in [5.74, 6) is 0. The Balaban J connectivity index is 1.83. The highest BCUT2D eigenvalue weighted by Crippen LogP contribution is 2.29. The molecule has 0 saturated carbocycles. The van der Waals surface area contributed by atoms with Gasteiger partial charge >= 0.3 is 0 Å². The maximum atomic E-state index is 8.99. The summed E-state index contributed by atoms with van der Waals surface area (Å²) in [7, 11) is 0. The minimum Gasteiger partial charge on any atom is -0.377 e. The summed E-state index contributed by atoms with van der Waals surface area (Å²) < 4.78 is 0. The molecule has 0 fully saturated rings. The van der Waals surface area contributed by atoms with Crippen LogP contribution in [0.15, 0.2) is 36.4 Å². The van der Waals surface area contributed by atoms with Gasteiger partial charge in [0.15, 0.2) is 0 Å². The lowest BCUT2D eigenvalue weighted by Gasteiger charge is -2.18. The number of anilines is 1. The highest BCUT2D eigenvalue weighted by atomic mass is 35.5. The van der Waals surface area contributed by atoms with Gasteiger partial charge in [-0.05, 0) is 61.1 Å². The number of hydrogen-bond donors (Lipinski definition) is 1. The fraction of sp³-hybridized carbons (Fsp3) is 0.278. The number of halogens is 1. The molecule has 2 aromatic carbocycles. The molecular formula is C18H17ClN2. The first kappa shape index (κ1) is 14.0. The van der Waals surface area contributed by atoms with Gasteiger partial charge in [0.1, 0.15) is 0 Å². The van der Waals surface area contributed by atoms with Crippen LogP contribution in [0.4, 0.5) is 5.69 Å². The first-order valence-corrected chi connectivity index (χ1v) is 7.63. The van der Waals surface area contributed by atoms with Gasteiger partial charge in [-0.25, -0.2) is 0 Å². The van der Waals surface area contributed by atoms with E-state index < -0.39 is 0 Å². The van der Waals surface area contributed by atoms with Gasteiger partial charge in [0.05, 0.1) is 22.3 Å². The third-order valence-electron chi connectivity index (χ3n) is 4.09. The van der Waals surface area contributed by atoms with Gasteiger partial charge in [0.2, 0.25) is 0 Å². The maximum Gasteiger partial charge on any atom is 0.0992 e. The molecule has 0 heterocycles. The third kappa shape index (κ3) is 2.89. The number of nitrogens with zero attached hydrogens (tertiary/aromatic N) is 1. The fourth-order valence-electron chi connectivity index (χ4n) is 2.88. The van der Waals surface area contributed by atoms with Gasteiger partial charge in [0, 0.05) is 6.04 Å². The second-order valence-electron chi connectivity index (χ2n) is 5.55. The van der Waals surface area contributed by atoms with Crippen LogP contribution in [0.25, 0.3) is 0 Å². The molecule has 1 N–H and O–H groups in total. The van der Waals surface area contributed by atoms with Crippen molar-refractivity contribution in [2.24, 2.45) is 0 Å². The topological polar surface area (TPSA) is 35.8 Å². The lowest BCUT2D eigenvalue weighted by atomic mass is 10.0. The second kappa shape index (κ2) is 5.79. The smallest absolute Gasteiger partial charge is 0.0992 e. The Hall–Kier alpha value is -1.98. The van der Waals surface area contributed by atoms with Gasteiger partial charge in [-0.2, -0.15) is 5.26 Å². The number of nitrogens with one attached hydrogen (secondary N) is 1. The van der Waals surface area contributed by atoms with E-state index in [9.17, 15) is 0 Å². The number of nitriles is 1. The van der Waals surface area contributed by atoms with Crippen LogP contribution >= 0.6 is 11.6 Å². The largest absolute Gasteiger partial charge is 0.377 e. The summed E-state index contributed by atoms with van der Waals surface area (Å²) in [4.78, 5) is 0. The van der Waals surface area contributed by atoms with E-state index in [1.165, 1.54) is 36.0 Å². The molecule has 3 heteroatoms. The van der Waals surface area contributed by atoms with Crippen LogP contribution in [-0.2, 0) is 12.8 Å². The summed E-state index contributed by atoms with van der Waals surface area (Å²) in [5.41, 5.74) is 5.63. The van der Waals surface area contributed by atoms with E-state index in [0.29, 0.717) is 10.6 Å². The molecule has 0 saturated heterocycles. The van der Waals surface area contributed by atoms with Crippen molar-refractivity contribution in [3.63, 3.8) is 0 Å². The van der Waals surface area contributed by atoms with Crippen molar-refractivity contribution < 1.29 is 0 Å². The Morgan fingerprint density at radius 1 is 1.14 bits per heavy atom. The zero-order chi connectivity index (χ0) is 14.8. The second-order valence-corrected chi connectivity index (χ2v) is 5.96. The van der Waals surface area contributed by atoms with E-state index >= 15 is 0 Å². The Morgan fingerprint density at radius 3 is 2.76 bits per heavy atom. The van der Waals surface area contributed by atoms with Crippen molar-refractivity contribution in [2.45, 2.75) is 32.2 Å². The van der Waals surface area contributed by atoms with Crippen molar-refractivity contribution >= 4 is 17.3 Å². The number of benzene rings is 2. The zero-order valence-corrected chi connectivity index (χ0v) is 12.7. The molecule has 1 aliphatic rings. The molecule has 1 aliphatic carbocycles. The van der Waals surface area contributed by atoms with E-state index in [4.69, 9.17) is 16.9 Å². The molecule has 0 aliphatic heterocycles. The molecule has 2 nitrogen and oxygen atoms in total. The lowest BCUT2D eigenvalue weighted by molar-refractivity contribution is 0.879. The Morgan fingerprint density at radius 2 is 1.95 bits per heavy atom. The Kier molecular flexibility index (Phi) is 3.86. The van der Waals surface area contributed by atoms with Crippen molar-refractivity contribution in [3.8, 4) is 6.07 Å². The summed E-state index contributed by atoms with van der Waals surface area (Å²) in [6, 6.07) is 14.3. The molecule has 0 radical (unpaired) electrons. The minimum absolute atomic E-state index is 0.155. The molecule has 0 aromatic heterocycles. The van der Waals surface area contributed by atoms with Crippen molar-refractivity contribution in [2.75, 3.05) is 5.32 Å². The Labute approximate surface area is 130 Å². The first-order valence-electron chi connectivity index (χ1n) is 7.25. The highest BCUT2D eigenvalue weighted by Gasteiger charge is 2.14. The standard InChI is InChI=1S/C18H17ClN2/c1-12(15-7-6-14-3-2-4-16(14)10-15)21-18-9-13(11-20)5-8-17(18)19/h5-10,12,21H,2-4H2,1H3. The summed E-state index contributed by atoms with van der Waals surface area (Å²) in [5, 5.41) is 13.0. The number of hydrogen-bond acceptors (Lipinski definition) is 2. The van der Waals surface area contributed by atoms with E-state index in [0.717, 1.165) is 5.69 Å². The van der Waals surface area contributed by atoms with Crippen LogP contribution in [0.3, 0.4) is 0 Å². The molecule has 0 spiro atoms. The normalized spacial score (nSPS) is 14.3. The van der Waals surface area contributed by atoms with Gasteiger partial charge < -0.3 is 5.32 Å². The van der Waals surface area contributed by atoms with Gasteiger partial charge in [-0.1, -0.05) is 29.8 Å². The molecule has 2 aromatic rings. The molecular weight excluding hydrogens is 280 g/mol. The van der Waals surface area contributed by atoms with Gasteiger partial charge in [-0.3, -0.25) is 0 Å². The third-order valence-corrected chi connectivity index (χ3v) is 4.42. The molecule has 3 rings (SSSR count). The monoisotopic (exact) mass is 296 g/mol. The minimum atomic E-state index is 0.155. The first-order chi connectivity index (χ1) is 10.2. The van der Waals surface area contributed by atoms with Gasteiger partial charge in [0.25, 0.3) is 0 Å². The maximum absolute atomic E-state index is 8.99. The molecule has 1 atom stereocenters. The fourth-order valence-corrected chi connectivity index (χ4v) is 3.06. The predicted molar refractivity (Wildman–Crippen MR) is 86.7 cm³/mol. The predicted octanol–water partition coefficient (Wildman–Crippen LogP) is 4.87. The average Bonchev–Trinajstić information content (AvgIpc) is 2.96. The SMILES string of the molecule is CC(Nc1cc(C#N)ccc1Cl)c1ccc2c(c1)CCC2. The Bertz CT molecular complexity index is 716. The average molecular weight is 297 g/mol. The van der Waals surface area contributed by atoms with Crippen LogP contribution in [0.1, 0.15) is 41.6 Å². The number of aryl methyl sites for hydroxylation is 2. The van der Waals surface area contributed by atoms with Crippen LogP contribution in [0.2, 0.25) is 5.02 Å². The van der Waals surface area contributed by atoms with E-state index in [2.05, 4.69) is 36.5 Å². The van der Waals surface area contributed by atoms with Crippen LogP contribution in [-0.4, -0.2) is 0 Å². The molecule has 21 heavy (non-hydrogen) atoms. The van der Waals surface area contributed by atoms with Crippen molar-refractivity contribution in [3.05, 3.63) is 63.7 Å². The van der Waals surface area contributed by atoms with E-state index in [1.807, 2.05) is 0 Å². The number of fused-ring (bicyclic) bond motifs is 1. The van der Waals surface area contributed by atoms with Gasteiger partial charge in [-0.15, -0.1) is 0 Å². The molecule has 106 valence electrons. The van der Waals surface area contributed by atoms with E-state index in [-0.39, 0.29) is 6.04 Å². The van der Waals surface area contributed by atoms with Crippen LogP contribution in [0.5, 0.6) is 0 Å². The zero-order valence-electron chi connectivity index (χ0n) is 12.0. The summed E-state index contributed by atoms with van der Waals surface area (Å²) in [6.45, 7) is 2.12. The van der Waals surface area contributed by atoms with Crippen LogP contribution in [0, 0.1) is 11.3 Å².